The molecular weight excluding hydrogens is 232 g/mol. The van der Waals surface area contributed by atoms with Gasteiger partial charge in [-0.2, -0.15) is 0 Å². The second-order valence-corrected chi connectivity index (χ2v) is 4.86. The van der Waals surface area contributed by atoms with Crippen LogP contribution in [0.2, 0.25) is 0 Å². The molecule has 0 aliphatic carbocycles. The number of rotatable bonds is 4. The third-order valence-corrected chi connectivity index (χ3v) is 3.41. The average Bonchev–Trinajstić information content (AvgIpc) is 2.39. The summed E-state index contributed by atoms with van der Waals surface area (Å²) in [6, 6.07) is 1.86. The molecule has 0 atom stereocenters. The molecule has 5 heteroatoms. The highest BCUT2D eigenvalue weighted by atomic mass is 16.5. The Bertz CT molecular complexity index is 392. The van der Waals surface area contributed by atoms with Crippen molar-refractivity contribution >= 4 is 5.69 Å². The van der Waals surface area contributed by atoms with Crippen LogP contribution in [0.3, 0.4) is 0 Å². The molecule has 0 bridgehead atoms. The van der Waals surface area contributed by atoms with Crippen LogP contribution in [-0.4, -0.2) is 47.6 Å². The van der Waals surface area contributed by atoms with Crippen LogP contribution in [-0.2, 0) is 11.3 Å². The number of aromatic nitrogens is 1. The number of hydrogen-bond acceptors (Lipinski definition) is 5. The molecule has 5 nitrogen and oxygen atoms in total. The first-order chi connectivity index (χ1) is 8.64. The van der Waals surface area contributed by atoms with Crippen molar-refractivity contribution in [3.63, 3.8) is 0 Å². The van der Waals surface area contributed by atoms with Gasteiger partial charge in [0.15, 0.2) is 0 Å². The Hall–Kier alpha value is -1.17. The van der Waals surface area contributed by atoms with Gasteiger partial charge in [-0.1, -0.05) is 0 Å². The minimum absolute atomic E-state index is 0.0466. The van der Waals surface area contributed by atoms with E-state index in [1.807, 2.05) is 18.0 Å². The van der Waals surface area contributed by atoms with E-state index in [-0.39, 0.29) is 6.61 Å². The number of likely N-dealkylation sites (N-methyl/N-ethyl adjacent to an activating group) is 1. The summed E-state index contributed by atoms with van der Waals surface area (Å²) in [5.74, 6) is 0. The van der Waals surface area contributed by atoms with Crippen molar-refractivity contribution in [3.8, 4) is 0 Å². The molecule has 2 rings (SSSR count). The lowest BCUT2D eigenvalue weighted by Gasteiger charge is -2.36. The predicted octanol–water partition coefficient (Wildman–Crippen LogP) is 0.552. The quantitative estimate of drug-likeness (QED) is 0.819. The first kappa shape index (κ1) is 13.3. The first-order valence-electron chi connectivity index (χ1n) is 6.20. The fraction of sp³-hybridized carbons (Fsp3) is 0.615. The Labute approximate surface area is 107 Å². The van der Waals surface area contributed by atoms with Gasteiger partial charge in [0, 0.05) is 63.3 Å². The number of pyridine rings is 1. The molecule has 0 aromatic carbocycles. The molecule has 1 aromatic rings. The lowest BCUT2D eigenvalue weighted by Crippen LogP contribution is -2.46. The molecule has 1 aliphatic heterocycles. The highest BCUT2D eigenvalue weighted by Crippen LogP contribution is 2.25. The van der Waals surface area contributed by atoms with Crippen LogP contribution in [0.15, 0.2) is 18.5 Å². The number of nitrogens with zero attached hydrogens (tertiary/aromatic N) is 2. The number of anilines is 1. The Morgan fingerprint density at radius 3 is 2.83 bits per heavy atom. The van der Waals surface area contributed by atoms with Crippen LogP contribution in [0, 0.1) is 0 Å². The fourth-order valence-electron chi connectivity index (χ4n) is 2.35. The number of ether oxygens (including phenoxy) is 1. The Kier molecular flexibility index (Phi) is 4.16. The van der Waals surface area contributed by atoms with E-state index in [0.29, 0.717) is 32.6 Å². The van der Waals surface area contributed by atoms with Gasteiger partial charge in [0.1, 0.15) is 0 Å². The Balaban J connectivity index is 2.08. The highest BCUT2D eigenvalue weighted by molar-refractivity contribution is 5.51. The molecule has 100 valence electrons. The molecular formula is C13H20N2O3. The number of hydrogen-bond donors (Lipinski definition) is 2. The summed E-state index contributed by atoms with van der Waals surface area (Å²) in [4.78, 5) is 5.96. The van der Waals surface area contributed by atoms with Crippen molar-refractivity contribution in [1.29, 1.82) is 0 Å². The maximum atomic E-state index is 10.5. The lowest BCUT2D eigenvalue weighted by molar-refractivity contribution is -0.0572. The van der Waals surface area contributed by atoms with Crippen LogP contribution in [0.4, 0.5) is 5.69 Å². The number of aliphatic hydroxyl groups excluding tert-OH is 1. The van der Waals surface area contributed by atoms with E-state index in [2.05, 4.69) is 4.98 Å². The van der Waals surface area contributed by atoms with Gasteiger partial charge in [-0.05, 0) is 6.07 Å². The SMILES string of the molecule is CN(CC1(O)CCOCC1)c1ccncc1CO. The monoisotopic (exact) mass is 252 g/mol. The zero-order valence-electron chi connectivity index (χ0n) is 10.7. The van der Waals surface area contributed by atoms with Crippen molar-refractivity contribution in [3.05, 3.63) is 24.0 Å². The summed E-state index contributed by atoms with van der Waals surface area (Å²) in [7, 11) is 1.92. The Morgan fingerprint density at radius 2 is 2.17 bits per heavy atom. The first-order valence-corrected chi connectivity index (χ1v) is 6.20. The van der Waals surface area contributed by atoms with Crippen molar-refractivity contribution in [2.75, 3.05) is 31.7 Å². The molecule has 1 aliphatic rings. The maximum Gasteiger partial charge on any atom is 0.0865 e. The predicted molar refractivity (Wildman–Crippen MR) is 68.4 cm³/mol. The van der Waals surface area contributed by atoms with E-state index < -0.39 is 5.60 Å². The van der Waals surface area contributed by atoms with Gasteiger partial charge < -0.3 is 19.8 Å². The summed E-state index contributed by atoms with van der Waals surface area (Å²) >= 11 is 0. The lowest BCUT2D eigenvalue weighted by atomic mass is 9.93. The summed E-state index contributed by atoms with van der Waals surface area (Å²) < 4.78 is 5.27. The summed E-state index contributed by atoms with van der Waals surface area (Å²) in [6.45, 7) is 1.70. The summed E-state index contributed by atoms with van der Waals surface area (Å²) in [5.41, 5.74) is 0.978. The van der Waals surface area contributed by atoms with Crippen molar-refractivity contribution in [2.24, 2.45) is 0 Å². The molecule has 2 N–H and O–H groups in total. The van der Waals surface area contributed by atoms with Crippen LogP contribution in [0.1, 0.15) is 18.4 Å². The molecule has 1 aromatic heterocycles. The number of aliphatic hydroxyl groups is 2. The van der Waals surface area contributed by atoms with Crippen molar-refractivity contribution in [2.45, 2.75) is 25.0 Å². The molecule has 0 spiro atoms. The maximum absolute atomic E-state index is 10.5. The summed E-state index contributed by atoms with van der Waals surface area (Å²) in [5, 5.41) is 19.8. The van der Waals surface area contributed by atoms with Gasteiger partial charge in [-0.3, -0.25) is 4.98 Å². The van der Waals surface area contributed by atoms with E-state index in [0.717, 1.165) is 11.3 Å². The zero-order valence-corrected chi connectivity index (χ0v) is 10.7. The fourth-order valence-corrected chi connectivity index (χ4v) is 2.35. The second-order valence-electron chi connectivity index (χ2n) is 4.86. The van der Waals surface area contributed by atoms with Crippen molar-refractivity contribution in [1.82, 2.24) is 4.98 Å². The van der Waals surface area contributed by atoms with E-state index in [9.17, 15) is 10.2 Å². The van der Waals surface area contributed by atoms with E-state index in [1.54, 1.807) is 12.4 Å². The van der Waals surface area contributed by atoms with E-state index in [1.165, 1.54) is 0 Å². The van der Waals surface area contributed by atoms with E-state index in [4.69, 9.17) is 4.74 Å². The highest BCUT2D eigenvalue weighted by Gasteiger charge is 2.31. The van der Waals surface area contributed by atoms with Crippen LogP contribution >= 0.6 is 0 Å². The van der Waals surface area contributed by atoms with E-state index >= 15 is 0 Å². The van der Waals surface area contributed by atoms with Gasteiger partial charge in [0.25, 0.3) is 0 Å². The van der Waals surface area contributed by atoms with Gasteiger partial charge in [-0.15, -0.1) is 0 Å². The van der Waals surface area contributed by atoms with Crippen LogP contribution in [0.5, 0.6) is 0 Å². The third-order valence-electron chi connectivity index (χ3n) is 3.41. The molecule has 1 fully saturated rings. The molecule has 2 heterocycles. The molecule has 0 amide bonds. The zero-order chi connectivity index (χ0) is 13.0. The van der Waals surface area contributed by atoms with Gasteiger partial charge in [-0.25, -0.2) is 0 Å². The molecule has 0 unspecified atom stereocenters. The minimum atomic E-state index is -0.705. The van der Waals surface area contributed by atoms with Gasteiger partial charge in [0.05, 0.1) is 12.2 Å². The molecule has 0 radical (unpaired) electrons. The van der Waals surface area contributed by atoms with Crippen molar-refractivity contribution < 1.29 is 14.9 Å². The standard InChI is InChI=1S/C13H20N2O3/c1-15(10-13(17)3-6-18-7-4-13)12-2-5-14-8-11(12)9-16/h2,5,8,16-17H,3-4,6-7,9-10H2,1H3. The van der Waals surface area contributed by atoms with Gasteiger partial charge in [0.2, 0.25) is 0 Å². The van der Waals surface area contributed by atoms with Crippen LogP contribution in [0.25, 0.3) is 0 Å². The largest absolute Gasteiger partial charge is 0.392 e. The summed E-state index contributed by atoms with van der Waals surface area (Å²) in [6.07, 6.45) is 4.65. The second kappa shape index (κ2) is 5.65. The molecule has 0 saturated carbocycles. The normalized spacial score (nSPS) is 18.6. The minimum Gasteiger partial charge on any atom is -0.392 e. The molecule has 18 heavy (non-hydrogen) atoms. The topological polar surface area (TPSA) is 65.8 Å². The third kappa shape index (κ3) is 2.98. The smallest absolute Gasteiger partial charge is 0.0865 e. The molecule has 1 saturated heterocycles. The van der Waals surface area contributed by atoms with Gasteiger partial charge >= 0.3 is 0 Å². The Morgan fingerprint density at radius 1 is 1.44 bits per heavy atom. The van der Waals surface area contributed by atoms with Crippen LogP contribution < -0.4 is 4.90 Å². The average molecular weight is 252 g/mol.